The van der Waals surface area contributed by atoms with Crippen LogP contribution in [0, 0.1) is 0 Å². The molecule has 0 N–H and O–H groups in total. The van der Waals surface area contributed by atoms with E-state index in [1.54, 1.807) is 30.3 Å². The summed E-state index contributed by atoms with van der Waals surface area (Å²) >= 11 is 5.89. The van der Waals surface area contributed by atoms with Gasteiger partial charge in [0.15, 0.2) is 10.1 Å². The largest absolute Gasteiger partial charge is 0.741 e. The van der Waals surface area contributed by atoms with Crippen molar-refractivity contribution in [3.63, 3.8) is 0 Å². The Morgan fingerprint density at radius 3 is 2.10 bits per heavy atom. The number of alkyl halides is 3. The van der Waals surface area contributed by atoms with E-state index in [2.05, 4.69) is 0 Å². The van der Waals surface area contributed by atoms with Gasteiger partial charge in [-0.3, -0.25) is 0 Å². The first kappa shape index (κ1) is 24.3. The van der Waals surface area contributed by atoms with Crippen molar-refractivity contribution in [2.45, 2.75) is 11.9 Å². The minimum Gasteiger partial charge on any atom is -0.741 e. The molecule has 14 heteroatoms. The van der Waals surface area contributed by atoms with Gasteiger partial charge in [-0.2, -0.15) is 25.9 Å². The van der Waals surface area contributed by atoms with Crippen LogP contribution in [0.3, 0.4) is 0 Å². The molecule has 1 aliphatic heterocycles. The highest BCUT2D eigenvalue weighted by Gasteiger charge is 2.37. The van der Waals surface area contributed by atoms with Gasteiger partial charge in [-0.05, 0) is 29.7 Å². The van der Waals surface area contributed by atoms with Gasteiger partial charge in [0.2, 0.25) is 0 Å². The lowest BCUT2D eigenvalue weighted by molar-refractivity contribution is -0.670. The number of halogens is 4. The number of rotatable bonds is 3. The number of hydrogen-bond acceptors (Lipinski definition) is 5. The van der Waals surface area contributed by atoms with E-state index in [4.69, 9.17) is 24.6 Å². The normalized spacial score (nSPS) is 15.9. The van der Waals surface area contributed by atoms with Crippen LogP contribution in [-0.2, 0) is 27.4 Å². The summed E-state index contributed by atoms with van der Waals surface area (Å²) in [6.45, 7) is 0.848. The maximum Gasteiger partial charge on any atom is 0.485 e. The van der Waals surface area contributed by atoms with Crippen LogP contribution in [0.4, 0.5) is 13.2 Å². The molecule has 0 spiro atoms. The van der Waals surface area contributed by atoms with Crippen LogP contribution in [0.25, 0.3) is 5.57 Å². The topological polar surface area (TPSA) is 103 Å². The maximum atomic E-state index is 12.5. The van der Waals surface area contributed by atoms with Crippen LogP contribution in [0.15, 0.2) is 49.1 Å². The van der Waals surface area contributed by atoms with Gasteiger partial charge in [-0.1, -0.05) is 29.8 Å². The summed E-state index contributed by atoms with van der Waals surface area (Å²) in [7, 11) is -7.79. The molecule has 3 rings (SSSR count). The molecular weight excluding hydrogens is 471 g/mol. The highest BCUT2D eigenvalue weighted by atomic mass is 35.5. The monoisotopic (exact) mass is 487 g/mol. The average molecular weight is 488 g/mol. The molecule has 30 heavy (non-hydrogen) atoms. The van der Waals surface area contributed by atoms with Gasteiger partial charge in [0, 0.05) is 18.1 Å². The summed E-state index contributed by atoms with van der Waals surface area (Å²) in [4.78, 5) is 0. The lowest BCUT2D eigenvalue weighted by Gasteiger charge is -2.23. The Balaban J connectivity index is 0.000000343. The van der Waals surface area contributed by atoms with Crippen LogP contribution in [0.5, 0.6) is 0 Å². The van der Waals surface area contributed by atoms with Crippen LogP contribution >= 0.6 is 11.6 Å². The Hall–Kier alpha value is -1.93. The first-order valence-electron chi connectivity index (χ1n) is 8.23. The van der Waals surface area contributed by atoms with E-state index in [0.29, 0.717) is 24.5 Å². The lowest BCUT2D eigenvalue weighted by Crippen LogP contribution is -2.38. The molecule has 1 aromatic heterocycles. The van der Waals surface area contributed by atoms with Gasteiger partial charge in [-0.25, -0.2) is 13.0 Å². The van der Waals surface area contributed by atoms with E-state index in [1.807, 2.05) is 30.3 Å². The van der Waals surface area contributed by atoms with Crippen molar-refractivity contribution in [3.05, 3.63) is 59.6 Å². The van der Waals surface area contributed by atoms with E-state index >= 15 is 0 Å². The first-order valence-corrected chi connectivity index (χ1v) is 11.4. The van der Waals surface area contributed by atoms with Crippen molar-refractivity contribution in [1.82, 2.24) is 8.28 Å². The molecule has 2 aromatic rings. The third-order valence-corrected chi connectivity index (χ3v) is 6.56. The third-order valence-electron chi connectivity index (χ3n) is 4.01. The fraction of sp³-hybridized carbons (Fsp3) is 0.312. The second-order valence-electron chi connectivity index (χ2n) is 6.16. The summed E-state index contributed by atoms with van der Waals surface area (Å²) in [5, 5.41) is 0.699. The zero-order valence-electron chi connectivity index (χ0n) is 15.5. The molecule has 166 valence electrons. The molecule has 1 aromatic carbocycles. The Kier molecular flexibility index (Phi) is 7.35. The highest BCUT2D eigenvalue weighted by molar-refractivity contribution is 7.87. The summed E-state index contributed by atoms with van der Waals surface area (Å²) in [6.07, 6.45) is 7.46. The number of nitrogens with zero attached hydrogens (tertiary/aromatic N) is 3. The smallest absolute Gasteiger partial charge is 0.485 e. The molecule has 0 unspecified atom stereocenters. The summed E-state index contributed by atoms with van der Waals surface area (Å²) < 4.78 is 88.4. The molecule has 0 aliphatic carbocycles. The molecule has 0 saturated heterocycles. The minimum atomic E-state index is -6.09. The van der Waals surface area contributed by atoms with Gasteiger partial charge in [0.25, 0.3) is 6.33 Å². The van der Waals surface area contributed by atoms with Crippen molar-refractivity contribution in [3.8, 4) is 0 Å². The molecular formula is C16H17ClF3N3O5S2. The SMILES string of the molecule is C[n+]1ccn(S(=O)(=O)N2CC=C(c3ccc(Cl)cc3)CC2)c1.O=S(=O)([O-])C(F)(F)F. The van der Waals surface area contributed by atoms with Crippen molar-refractivity contribution >= 4 is 37.5 Å². The Labute approximate surface area is 176 Å². The molecule has 0 atom stereocenters. The zero-order valence-corrected chi connectivity index (χ0v) is 17.8. The Bertz CT molecular complexity index is 1130. The van der Waals surface area contributed by atoms with Crippen molar-refractivity contribution in [2.24, 2.45) is 7.05 Å². The number of aromatic nitrogens is 2. The fourth-order valence-electron chi connectivity index (χ4n) is 2.48. The van der Waals surface area contributed by atoms with Gasteiger partial charge >= 0.3 is 15.7 Å². The second-order valence-corrected chi connectivity index (χ2v) is 9.80. The quantitative estimate of drug-likeness (QED) is 0.374. The van der Waals surface area contributed by atoms with Crippen LogP contribution in [0.2, 0.25) is 5.02 Å². The molecule has 0 amide bonds. The molecule has 0 radical (unpaired) electrons. The van der Waals surface area contributed by atoms with Crippen LogP contribution in [0.1, 0.15) is 12.0 Å². The summed E-state index contributed by atoms with van der Waals surface area (Å²) in [5.74, 6) is 0. The maximum absolute atomic E-state index is 12.5. The predicted octanol–water partition coefficient (Wildman–Crippen LogP) is 1.90. The number of hydrogen-bond donors (Lipinski definition) is 0. The Morgan fingerprint density at radius 2 is 1.70 bits per heavy atom. The van der Waals surface area contributed by atoms with Crippen LogP contribution < -0.4 is 4.57 Å². The van der Waals surface area contributed by atoms with E-state index in [-0.39, 0.29) is 0 Å². The van der Waals surface area contributed by atoms with E-state index < -0.39 is 25.8 Å². The molecule has 0 saturated carbocycles. The highest BCUT2D eigenvalue weighted by Crippen LogP contribution is 2.25. The fourth-order valence-corrected chi connectivity index (χ4v) is 3.94. The number of imidazole rings is 1. The summed E-state index contributed by atoms with van der Waals surface area (Å²) in [5.41, 5.74) is -3.40. The van der Waals surface area contributed by atoms with Crippen molar-refractivity contribution < 1.29 is 39.1 Å². The Morgan fingerprint density at radius 1 is 1.13 bits per heavy atom. The molecule has 8 nitrogen and oxygen atoms in total. The summed E-state index contributed by atoms with van der Waals surface area (Å²) in [6, 6.07) is 7.62. The molecule has 0 bridgehead atoms. The van der Waals surface area contributed by atoms with Gasteiger partial charge in [-0.15, -0.1) is 3.97 Å². The number of aryl methyl sites for hydroxylation is 1. The van der Waals surface area contributed by atoms with Crippen molar-refractivity contribution in [1.29, 1.82) is 0 Å². The zero-order chi connectivity index (χ0) is 22.7. The van der Waals surface area contributed by atoms with Gasteiger partial charge in [0.1, 0.15) is 12.4 Å². The van der Waals surface area contributed by atoms with Crippen LogP contribution in [-0.4, -0.2) is 48.3 Å². The average Bonchev–Trinajstić information content (AvgIpc) is 3.09. The van der Waals surface area contributed by atoms with E-state index in [9.17, 15) is 21.6 Å². The lowest BCUT2D eigenvalue weighted by atomic mass is 10.0. The molecule has 0 fully saturated rings. The predicted molar refractivity (Wildman–Crippen MR) is 101 cm³/mol. The second kappa shape index (κ2) is 9.06. The first-order chi connectivity index (χ1) is 13.7. The van der Waals surface area contributed by atoms with E-state index in [0.717, 1.165) is 11.1 Å². The minimum absolute atomic E-state index is 0.377. The number of benzene rings is 1. The van der Waals surface area contributed by atoms with Crippen molar-refractivity contribution in [2.75, 3.05) is 13.1 Å². The standard InChI is InChI=1S/C15H17ClN3O2S.CHF3O3S/c1-17-10-11-19(12-17)22(20,21)18-8-6-14(7-9-18)13-2-4-15(16)5-3-13;2-1(3,4)8(5,6)7/h2-6,10-12H,7-9H2,1H3;(H,5,6,7)/q+1;/p-1. The van der Waals surface area contributed by atoms with Gasteiger partial charge in [0.05, 0.1) is 7.05 Å². The van der Waals surface area contributed by atoms with E-state index in [1.165, 1.54) is 8.28 Å². The molecule has 1 aliphatic rings. The van der Waals surface area contributed by atoms with Gasteiger partial charge < -0.3 is 4.55 Å². The molecule has 2 heterocycles. The third kappa shape index (κ3) is 6.04.